The second kappa shape index (κ2) is 13.3. The van der Waals surface area contributed by atoms with Crippen molar-refractivity contribution in [3.63, 3.8) is 0 Å². The molecule has 266 valence electrons. The molecular formula is C50H36N6. The highest BCUT2D eigenvalue weighted by Gasteiger charge is 2.29. The molecule has 0 bridgehead atoms. The molecule has 0 fully saturated rings. The predicted octanol–water partition coefficient (Wildman–Crippen LogP) is 11.7. The third-order valence-corrected chi connectivity index (χ3v) is 11.3. The van der Waals surface area contributed by atoms with Gasteiger partial charge in [0.1, 0.15) is 0 Å². The van der Waals surface area contributed by atoms with Crippen LogP contribution < -0.4 is 0 Å². The van der Waals surface area contributed by atoms with E-state index in [1.165, 1.54) is 21.9 Å². The van der Waals surface area contributed by atoms with E-state index in [0.717, 1.165) is 86.5 Å². The normalized spacial score (nSPS) is 15.1. The number of rotatable bonds is 6. The highest BCUT2D eigenvalue weighted by atomic mass is 15.2. The summed E-state index contributed by atoms with van der Waals surface area (Å²) in [5.74, 6) is 0.807. The number of allylic oxidation sites excluding steroid dienone is 5. The van der Waals surface area contributed by atoms with Crippen LogP contribution in [0.25, 0.3) is 78.5 Å². The summed E-state index contributed by atoms with van der Waals surface area (Å²) in [5, 5.41) is 3.52. The van der Waals surface area contributed by atoms with Crippen LogP contribution in [0.1, 0.15) is 41.4 Å². The molecule has 5 heterocycles. The standard InChI is InChI=1S/C50H36N6/c1-4-14-33(15-5-1)44-32-45(34-16-6-2-7-17-34)54-50(53-44)56-47-27-23-36(43-21-11-13-29-52-43)31-41(47)39-25-24-38-40-30-35(42-20-10-12-28-51-42)22-26-46(40)55(48(38)49(39)56)37-18-8-3-9-19-37/h1-6,8-16,18-30,32,36H,7,17,31H2. The van der Waals surface area contributed by atoms with E-state index in [2.05, 4.69) is 155 Å². The number of pyridine rings is 2. The molecule has 11 rings (SSSR count). The Labute approximate surface area is 324 Å². The third kappa shape index (κ3) is 5.33. The minimum Gasteiger partial charge on any atom is -0.307 e. The third-order valence-electron chi connectivity index (χ3n) is 11.3. The zero-order valence-corrected chi connectivity index (χ0v) is 30.6. The summed E-state index contributed by atoms with van der Waals surface area (Å²) in [6.45, 7) is 0. The Kier molecular flexibility index (Phi) is 7.66. The minimum atomic E-state index is 0.144. The van der Waals surface area contributed by atoms with Crippen LogP contribution in [0.15, 0.2) is 170 Å². The van der Waals surface area contributed by atoms with Crippen LogP contribution >= 0.6 is 0 Å². The zero-order chi connectivity index (χ0) is 37.0. The smallest absolute Gasteiger partial charge is 0.235 e. The lowest BCUT2D eigenvalue weighted by Crippen LogP contribution is -2.11. The van der Waals surface area contributed by atoms with E-state index in [1.807, 2.05) is 30.6 Å². The van der Waals surface area contributed by atoms with Crippen molar-refractivity contribution in [1.29, 1.82) is 0 Å². The molecule has 2 aliphatic carbocycles. The van der Waals surface area contributed by atoms with Gasteiger partial charge in [0.2, 0.25) is 5.95 Å². The highest BCUT2D eigenvalue weighted by molar-refractivity contribution is 6.19. The van der Waals surface area contributed by atoms with Crippen molar-refractivity contribution in [2.24, 2.45) is 0 Å². The van der Waals surface area contributed by atoms with Gasteiger partial charge in [-0.15, -0.1) is 0 Å². The fourth-order valence-electron chi connectivity index (χ4n) is 8.65. The number of benzene rings is 4. The van der Waals surface area contributed by atoms with E-state index in [9.17, 15) is 0 Å². The molecule has 0 N–H and O–H groups in total. The van der Waals surface area contributed by atoms with Crippen LogP contribution in [0.2, 0.25) is 0 Å². The number of nitrogens with zero attached hydrogens (tertiary/aromatic N) is 6. The van der Waals surface area contributed by atoms with E-state index < -0.39 is 0 Å². The van der Waals surface area contributed by atoms with E-state index in [0.29, 0.717) is 5.95 Å². The van der Waals surface area contributed by atoms with Gasteiger partial charge in [-0.2, -0.15) is 0 Å². The van der Waals surface area contributed by atoms with Crippen molar-refractivity contribution in [2.75, 3.05) is 0 Å². The van der Waals surface area contributed by atoms with Crippen molar-refractivity contribution in [3.05, 3.63) is 193 Å². The molecule has 6 heteroatoms. The Morgan fingerprint density at radius 2 is 1.36 bits per heavy atom. The largest absolute Gasteiger partial charge is 0.307 e. The SMILES string of the molecule is C1=CCCC(c2cc(-c3ccccc3)nc(-n3c4c(c5ccc6c7cc(-c8ccccn8)ccc7n(-c7ccccc7)c6c53)CC(c3ccccn3)C=C4)n2)=C1. The fraction of sp³-hybridized carbons (Fsp3) is 0.0800. The quantitative estimate of drug-likeness (QED) is 0.172. The van der Waals surface area contributed by atoms with Gasteiger partial charge in [-0.05, 0) is 91.1 Å². The average molecular weight is 721 g/mol. The second-order valence-electron chi connectivity index (χ2n) is 14.6. The van der Waals surface area contributed by atoms with E-state index in [-0.39, 0.29) is 5.92 Å². The van der Waals surface area contributed by atoms with Crippen LogP contribution in [-0.2, 0) is 6.42 Å². The monoisotopic (exact) mass is 720 g/mol. The van der Waals surface area contributed by atoms with Gasteiger partial charge in [0.05, 0.1) is 39.3 Å². The molecule has 6 nitrogen and oxygen atoms in total. The van der Waals surface area contributed by atoms with Gasteiger partial charge in [0, 0.05) is 57.0 Å². The maximum atomic E-state index is 5.46. The van der Waals surface area contributed by atoms with Gasteiger partial charge >= 0.3 is 0 Å². The molecule has 56 heavy (non-hydrogen) atoms. The molecular weight excluding hydrogens is 685 g/mol. The summed E-state index contributed by atoms with van der Waals surface area (Å²) in [4.78, 5) is 20.4. The molecule has 5 aromatic heterocycles. The van der Waals surface area contributed by atoms with Gasteiger partial charge < -0.3 is 4.57 Å². The summed E-state index contributed by atoms with van der Waals surface area (Å²) in [6, 6.07) is 47.0. The fourth-order valence-corrected chi connectivity index (χ4v) is 8.65. The Hall–Kier alpha value is -7.18. The molecule has 4 aromatic carbocycles. The number of hydrogen-bond acceptors (Lipinski definition) is 4. The topological polar surface area (TPSA) is 61.4 Å². The van der Waals surface area contributed by atoms with Crippen molar-refractivity contribution >= 4 is 44.4 Å². The van der Waals surface area contributed by atoms with Crippen molar-refractivity contribution in [1.82, 2.24) is 29.1 Å². The molecule has 0 amide bonds. The Morgan fingerprint density at radius 3 is 2.14 bits per heavy atom. The van der Waals surface area contributed by atoms with Crippen LogP contribution in [0.5, 0.6) is 0 Å². The summed E-state index contributed by atoms with van der Waals surface area (Å²) in [5.41, 5.74) is 14.0. The lowest BCUT2D eigenvalue weighted by molar-refractivity contribution is 0.790. The van der Waals surface area contributed by atoms with E-state index in [1.54, 1.807) is 0 Å². The first-order valence-electron chi connectivity index (χ1n) is 19.3. The second-order valence-corrected chi connectivity index (χ2v) is 14.6. The predicted molar refractivity (Wildman–Crippen MR) is 228 cm³/mol. The van der Waals surface area contributed by atoms with Crippen LogP contribution in [0.3, 0.4) is 0 Å². The van der Waals surface area contributed by atoms with Crippen LogP contribution in [-0.4, -0.2) is 29.1 Å². The van der Waals surface area contributed by atoms with Gasteiger partial charge in [-0.25, -0.2) is 9.97 Å². The average Bonchev–Trinajstić information content (AvgIpc) is 3.80. The Bertz CT molecular complexity index is 3030. The first kappa shape index (κ1) is 32.3. The van der Waals surface area contributed by atoms with Crippen molar-refractivity contribution in [2.45, 2.75) is 25.2 Å². The lowest BCUT2D eigenvalue weighted by Gasteiger charge is -2.19. The summed E-state index contributed by atoms with van der Waals surface area (Å²) in [6.07, 6.45) is 17.6. The summed E-state index contributed by atoms with van der Waals surface area (Å²) >= 11 is 0. The van der Waals surface area contributed by atoms with Gasteiger partial charge in [-0.3, -0.25) is 14.5 Å². The summed E-state index contributed by atoms with van der Waals surface area (Å²) in [7, 11) is 0. The first-order valence-corrected chi connectivity index (χ1v) is 19.3. The lowest BCUT2D eigenvalue weighted by atomic mass is 9.89. The highest BCUT2D eigenvalue weighted by Crippen LogP contribution is 2.44. The molecule has 0 spiro atoms. The minimum absolute atomic E-state index is 0.144. The molecule has 0 aliphatic heterocycles. The van der Waals surface area contributed by atoms with Crippen LogP contribution in [0, 0.1) is 0 Å². The van der Waals surface area contributed by atoms with Gasteiger partial charge in [0.15, 0.2) is 0 Å². The maximum absolute atomic E-state index is 5.46. The number of aromatic nitrogens is 6. The van der Waals surface area contributed by atoms with Crippen molar-refractivity contribution < 1.29 is 0 Å². The first-order chi connectivity index (χ1) is 27.8. The van der Waals surface area contributed by atoms with E-state index >= 15 is 0 Å². The Morgan fingerprint density at radius 1 is 0.589 bits per heavy atom. The number of para-hydroxylation sites is 1. The Balaban J connectivity index is 1.27. The number of hydrogen-bond donors (Lipinski definition) is 0. The van der Waals surface area contributed by atoms with Gasteiger partial charge in [0.25, 0.3) is 0 Å². The summed E-state index contributed by atoms with van der Waals surface area (Å²) < 4.78 is 4.76. The number of fused-ring (bicyclic) bond motifs is 7. The van der Waals surface area contributed by atoms with Crippen LogP contribution in [0.4, 0.5) is 0 Å². The van der Waals surface area contributed by atoms with Gasteiger partial charge in [-0.1, -0.05) is 103 Å². The molecule has 0 radical (unpaired) electrons. The zero-order valence-electron chi connectivity index (χ0n) is 30.6. The van der Waals surface area contributed by atoms with E-state index in [4.69, 9.17) is 19.9 Å². The molecule has 2 aliphatic rings. The molecule has 1 atom stereocenters. The molecule has 1 unspecified atom stereocenters. The maximum Gasteiger partial charge on any atom is 0.235 e. The van der Waals surface area contributed by atoms with Crippen molar-refractivity contribution in [3.8, 4) is 34.2 Å². The molecule has 0 saturated heterocycles. The molecule has 0 saturated carbocycles. The molecule has 9 aromatic rings.